The number of carbonyl (C=O) groups excluding carboxylic acids is 1. The highest BCUT2D eigenvalue weighted by Gasteiger charge is 2.14. The minimum absolute atomic E-state index is 0.00375. The van der Waals surface area contributed by atoms with Crippen LogP contribution < -0.4 is 14.8 Å². The lowest BCUT2D eigenvalue weighted by atomic mass is 10.1. The highest BCUT2D eigenvalue weighted by Crippen LogP contribution is 2.35. The number of benzene rings is 3. The number of rotatable bonds is 8. The summed E-state index contributed by atoms with van der Waals surface area (Å²) in [5.41, 5.74) is 3.50. The van der Waals surface area contributed by atoms with E-state index in [0.29, 0.717) is 29.4 Å². The average molecular weight is 617 g/mol. The van der Waals surface area contributed by atoms with Crippen LogP contribution in [0.4, 0.5) is 5.69 Å². The first-order valence-electron chi connectivity index (χ1n) is 10.2. The van der Waals surface area contributed by atoms with Gasteiger partial charge in [-0.3, -0.25) is 4.79 Å². The highest BCUT2D eigenvalue weighted by molar-refractivity contribution is 14.1. The van der Waals surface area contributed by atoms with Gasteiger partial charge in [-0.15, -0.1) is 0 Å². The van der Waals surface area contributed by atoms with Crippen molar-refractivity contribution in [3.63, 3.8) is 0 Å². The van der Waals surface area contributed by atoms with Gasteiger partial charge in [0.2, 0.25) is 0 Å². The number of hydrogen-bond acceptors (Lipinski definition) is 4. The van der Waals surface area contributed by atoms with Crippen molar-refractivity contribution in [1.82, 2.24) is 0 Å². The summed E-state index contributed by atoms with van der Waals surface area (Å²) in [6.45, 7) is 2.45. The lowest BCUT2D eigenvalue weighted by Crippen LogP contribution is -2.13. The molecule has 0 aliphatic rings. The monoisotopic (exact) mass is 616 g/mol. The van der Waals surface area contributed by atoms with Gasteiger partial charge in [-0.2, -0.15) is 5.26 Å². The molecule has 0 atom stereocenters. The third-order valence-corrected chi connectivity index (χ3v) is 6.17. The summed E-state index contributed by atoms with van der Waals surface area (Å²) in [4.78, 5) is 12.6. The van der Waals surface area contributed by atoms with E-state index in [-0.39, 0.29) is 5.57 Å². The van der Waals surface area contributed by atoms with Gasteiger partial charge in [0.15, 0.2) is 11.5 Å². The molecule has 0 aromatic heterocycles. The highest BCUT2D eigenvalue weighted by atomic mass is 127. The molecule has 0 unspecified atom stereocenters. The van der Waals surface area contributed by atoms with Gasteiger partial charge in [0.05, 0.1) is 10.7 Å². The van der Waals surface area contributed by atoms with Crippen LogP contribution >= 0.6 is 38.5 Å². The number of nitrogens with zero attached hydrogens (tertiary/aromatic N) is 1. The molecule has 0 spiro atoms. The van der Waals surface area contributed by atoms with Crippen LogP contribution in [0.25, 0.3) is 6.08 Å². The molecule has 168 valence electrons. The Morgan fingerprint density at radius 2 is 1.79 bits per heavy atom. The number of amides is 1. The molecule has 0 fully saturated rings. The lowest BCUT2D eigenvalue weighted by Gasteiger charge is -2.14. The standard InChI is InChI=1S/C26H22BrIN2O3/c1-3-17-6-10-22(11-7-17)30-26(31)20(15-29)12-19-13-23(28)25(24(14-19)32-2)33-16-18-4-8-21(27)9-5-18/h4-14H,3,16H2,1-2H3,(H,30,31)/b20-12-. The van der Waals surface area contributed by atoms with E-state index in [0.717, 1.165) is 20.0 Å². The van der Waals surface area contributed by atoms with Gasteiger partial charge >= 0.3 is 0 Å². The Kier molecular flexibility index (Phi) is 8.92. The van der Waals surface area contributed by atoms with Crippen LogP contribution in [0.2, 0.25) is 0 Å². The molecule has 0 saturated carbocycles. The van der Waals surface area contributed by atoms with Gasteiger partial charge < -0.3 is 14.8 Å². The van der Waals surface area contributed by atoms with Crippen LogP contribution in [0.5, 0.6) is 11.5 Å². The van der Waals surface area contributed by atoms with Gasteiger partial charge in [-0.25, -0.2) is 0 Å². The number of anilines is 1. The first-order valence-corrected chi connectivity index (χ1v) is 12.1. The Bertz CT molecular complexity index is 1200. The molecule has 0 saturated heterocycles. The fourth-order valence-corrected chi connectivity index (χ4v) is 4.08. The topological polar surface area (TPSA) is 71.4 Å². The average Bonchev–Trinajstić information content (AvgIpc) is 2.83. The van der Waals surface area contributed by atoms with Crippen molar-refractivity contribution in [2.45, 2.75) is 20.0 Å². The zero-order valence-corrected chi connectivity index (χ0v) is 21.9. The normalized spacial score (nSPS) is 10.9. The predicted octanol–water partition coefficient (Wildman–Crippen LogP) is 6.75. The first kappa shape index (κ1) is 24.8. The Morgan fingerprint density at radius 3 is 2.39 bits per heavy atom. The fraction of sp³-hybridized carbons (Fsp3) is 0.154. The van der Waals surface area contributed by atoms with E-state index in [4.69, 9.17) is 9.47 Å². The van der Waals surface area contributed by atoms with Gasteiger partial charge in [-0.05, 0) is 88.2 Å². The van der Waals surface area contributed by atoms with E-state index < -0.39 is 5.91 Å². The molecule has 3 aromatic carbocycles. The molecule has 3 aromatic rings. The molecule has 33 heavy (non-hydrogen) atoms. The number of halogens is 2. The van der Waals surface area contributed by atoms with Crippen LogP contribution in [-0.2, 0) is 17.8 Å². The number of nitrogens with one attached hydrogen (secondary N) is 1. The van der Waals surface area contributed by atoms with E-state index in [9.17, 15) is 10.1 Å². The van der Waals surface area contributed by atoms with Crippen LogP contribution in [0.3, 0.4) is 0 Å². The maximum atomic E-state index is 12.6. The molecule has 0 aliphatic carbocycles. The minimum atomic E-state index is -0.466. The minimum Gasteiger partial charge on any atom is -0.493 e. The van der Waals surface area contributed by atoms with E-state index >= 15 is 0 Å². The zero-order valence-electron chi connectivity index (χ0n) is 18.2. The predicted molar refractivity (Wildman–Crippen MR) is 142 cm³/mol. The fourth-order valence-electron chi connectivity index (χ4n) is 3.04. The largest absolute Gasteiger partial charge is 0.493 e. The van der Waals surface area contributed by atoms with Crippen molar-refractivity contribution >= 4 is 56.2 Å². The summed E-state index contributed by atoms with van der Waals surface area (Å²) in [5, 5.41) is 12.3. The van der Waals surface area contributed by atoms with Gasteiger partial charge in [0, 0.05) is 10.2 Å². The van der Waals surface area contributed by atoms with Gasteiger partial charge in [0.1, 0.15) is 18.2 Å². The van der Waals surface area contributed by atoms with Crippen molar-refractivity contribution in [2.24, 2.45) is 0 Å². The number of aryl methyl sites for hydroxylation is 1. The molecular weight excluding hydrogens is 595 g/mol. The molecule has 0 heterocycles. The number of carbonyl (C=O) groups is 1. The van der Waals surface area contributed by atoms with Crippen LogP contribution in [0.15, 0.2) is 70.7 Å². The molecule has 0 radical (unpaired) electrons. The second kappa shape index (κ2) is 11.9. The Balaban J connectivity index is 1.79. The number of nitriles is 1. The summed E-state index contributed by atoms with van der Waals surface area (Å²) in [6.07, 6.45) is 2.46. The molecule has 7 heteroatoms. The van der Waals surface area contributed by atoms with Gasteiger partial charge in [-0.1, -0.05) is 47.1 Å². The van der Waals surface area contributed by atoms with Crippen molar-refractivity contribution in [2.75, 3.05) is 12.4 Å². The number of hydrogen-bond donors (Lipinski definition) is 1. The smallest absolute Gasteiger partial charge is 0.266 e. The van der Waals surface area contributed by atoms with Crippen molar-refractivity contribution in [3.05, 3.63) is 91.0 Å². The Morgan fingerprint density at radius 1 is 1.12 bits per heavy atom. The molecule has 0 bridgehead atoms. The maximum absolute atomic E-state index is 12.6. The molecular formula is C26H22BrIN2O3. The number of methoxy groups -OCH3 is 1. The molecule has 1 amide bonds. The SMILES string of the molecule is CCc1ccc(NC(=O)/C(C#N)=C\c2cc(I)c(OCc3ccc(Br)cc3)c(OC)c2)cc1. The van der Waals surface area contributed by atoms with Crippen molar-refractivity contribution in [3.8, 4) is 17.6 Å². The van der Waals surface area contributed by atoms with Crippen LogP contribution in [-0.4, -0.2) is 13.0 Å². The van der Waals surface area contributed by atoms with E-state index in [1.165, 1.54) is 5.56 Å². The Labute approximate surface area is 215 Å². The lowest BCUT2D eigenvalue weighted by molar-refractivity contribution is -0.112. The van der Waals surface area contributed by atoms with E-state index in [1.54, 1.807) is 19.3 Å². The quantitative estimate of drug-likeness (QED) is 0.173. The first-order chi connectivity index (χ1) is 15.9. The van der Waals surface area contributed by atoms with E-state index in [2.05, 4.69) is 50.8 Å². The third kappa shape index (κ3) is 6.83. The molecule has 0 aliphatic heterocycles. The molecule has 5 nitrogen and oxygen atoms in total. The number of ether oxygens (including phenoxy) is 2. The molecule has 1 N–H and O–H groups in total. The summed E-state index contributed by atoms with van der Waals surface area (Å²) >= 11 is 5.58. The van der Waals surface area contributed by atoms with E-state index in [1.807, 2.05) is 60.7 Å². The Hall–Kier alpha value is -2.83. The zero-order chi connectivity index (χ0) is 23.8. The van der Waals surface area contributed by atoms with Gasteiger partial charge in [0.25, 0.3) is 5.91 Å². The van der Waals surface area contributed by atoms with Crippen LogP contribution in [0.1, 0.15) is 23.6 Å². The van der Waals surface area contributed by atoms with Crippen molar-refractivity contribution < 1.29 is 14.3 Å². The third-order valence-electron chi connectivity index (χ3n) is 4.84. The summed E-state index contributed by atoms with van der Waals surface area (Å²) < 4.78 is 13.3. The maximum Gasteiger partial charge on any atom is 0.266 e. The summed E-state index contributed by atoms with van der Waals surface area (Å²) in [6, 6.07) is 21.0. The summed E-state index contributed by atoms with van der Waals surface area (Å²) in [7, 11) is 1.56. The van der Waals surface area contributed by atoms with Crippen molar-refractivity contribution in [1.29, 1.82) is 5.26 Å². The summed E-state index contributed by atoms with van der Waals surface area (Å²) in [5.74, 6) is 0.668. The second-order valence-electron chi connectivity index (χ2n) is 7.12. The molecule has 3 rings (SSSR count). The van der Waals surface area contributed by atoms with Crippen LogP contribution in [0, 0.1) is 14.9 Å². The second-order valence-corrected chi connectivity index (χ2v) is 9.20.